The van der Waals surface area contributed by atoms with E-state index in [4.69, 9.17) is 23.2 Å². The highest BCUT2D eigenvalue weighted by Crippen LogP contribution is 2.43. The maximum Gasteiger partial charge on any atom is 0.0455 e. The number of benzene rings is 2. The van der Waals surface area contributed by atoms with Gasteiger partial charge in [-0.25, -0.2) is 0 Å². The van der Waals surface area contributed by atoms with Crippen LogP contribution in [0.15, 0.2) is 48.5 Å². The summed E-state index contributed by atoms with van der Waals surface area (Å²) < 4.78 is 0. The van der Waals surface area contributed by atoms with E-state index in [1.807, 2.05) is 18.2 Å². The van der Waals surface area contributed by atoms with Gasteiger partial charge in [-0.05, 0) is 42.1 Å². The average Bonchev–Trinajstić information content (AvgIpc) is 2.48. The van der Waals surface area contributed by atoms with E-state index in [0.717, 1.165) is 35.1 Å². The summed E-state index contributed by atoms with van der Waals surface area (Å²) in [5.41, 5.74) is 2.45. The lowest BCUT2D eigenvalue weighted by atomic mass is 9.77. The van der Waals surface area contributed by atoms with Gasteiger partial charge in [0, 0.05) is 22.5 Å². The summed E-state index contributed by atoms with van der Waals surface area (Å²) in [7, 11) is 0. The maximum atomic E-state index is 6.41. The highest BCUT2D eigenvalue weighted by Gasteiger charge is 2.30. The standard InChI is InChI=1S/C17H17Cl2N/c18-15-7-4-8-16(19)17(15)13-9-10-20-11-14(13)12-5-2-1-3-6-12/h1-8,13-14,20H,9-11H2. The fourth-order valence-corrected chi connectivity index (χ4v) is 3.80. The van der Waals surface area contributed by atoms with Crippen LogP contribution in [-0.2, 0) is 0 Å². The molecule has 1 nitrogen and oxygen atoms in total. The Labute approximate surface area is 129 Å². The van der Waals surface area contributed by atoms with Crippen molar-refractivity contribution < 1.29 is 0 Å². The minimum absolute atomic E-state index is 0.375. The fourth-order valence-electron chi connectivity index (χ4n) is 3.12. The van der Waals surface area contributed by atoms with Gasteiger partial charge >= 0.3 is 0 Å². The van der Waals surface area contributed by atoms with Crippen molar-refractivity contribution in [2.24, 2.45) is 0 Å². The van der Waals surface area contributed by atoms with Gasteiger partial charge in [0.05, 0.1) is 0 Å². The third-order valence-electron chi connectivity index (χ3n) is 4.08. The highest BCUT2D eigenvalue weighted by molar-refractivity contribution is 6.36. The normalized spacial score (nSPS) is 22.7. The third-order valence-corrected chi connectivity index (χ3v) is 4.74. The zero-order chi connectivity index (χ0) is 13.9. The molecule has 2 unspecified atom stereocenters. The Morgan fingerprint density at radius 2 is 1.55 bits per heavy atom. The average molecular weight is 306 g/mol. The van der Waals surface area contributed by atoms with Crippen molar-refractivity contribution in [3.05, 3.63) is 69.7 Å². The number of hydrogen-bond acceptors (Lipinski definition) is 1. The van der Waals surface area contributed by atoms with Gasteiger partial charge in [-0.2, -0.15) is 0 Å². The molecule has 0 spiro atoms. The first kappa shape index (κ1) is 13.9. The zero-order valence-corrected chi connectivity index (χ0v) is 12.7. The molecule has 0 aromatic heterocycles. The van der Waals surface area contributed by atoms with Gasteiger partial charge < -0.3 is 5.32 Å². The minimum Gasteiger partial charge on any atom is -0.316 e. The van der Waals surface area contributed by atoms with Gasteiger partial charge in [0.15, 0.2) is 0 Å². The predicted molar refractivity (Wildman–Crippen MR) is 85.9 cm³/mol. The van der Waals surface area contributed by atoms with Crippen LogP contribution in [0.4, 0.5) is 0 Å². The van der Waals surface area contributed by atoms with Gasteiger partial charge in [-0.15, -0.1) is 0 Å². The summed E-state index contributed by atoms with van der Waals surface area (Å²) in [4.78, 5) is 0. The molecule has 3 rings (SSSR count). The summed E-state index contributed by atoms with van der Waals surface area (Å²) in [6.07, 6.45) is 1.06. The van der Waals surface area contributed by atoms with Gasteiger partial charge in [-0.3, -0.25) is 0 Å². The number of piperidine rings is 1. The van der Waals surface area contributed by atoms with E-state index in [0.29, 0.717) is 11.8 Å². The highest BCUT2D eigenvalue weighted by atomic mass is 35.5. The molecule has 20 heavy (non-hydrogen) atoms. The topological polar surface area (TPSA) is 12.0 Å². The first-order chi connectivity index (χ1) is 9.77. The van der Waals surface area contributed by atoms with E-state index in [1.165, 1.54) is 5.56 Å². The van der Waals surface area contributed by atoms with Crippen molar-refractivity contribution in [2.45, 2.75) is 18.3 Å². The summed E-state index contributed by atoms with van der Waals surface area (Å²) in [5.74, 6) is 0.794. The van der Waals surface area contributed by atoms with Crippen LogP contribution in [0.3, 0.4) is 0 Å². The van der Waals surface area contributed by atoms with Gasteiger partial charge in [-0.1, -0.05) is 59.6 Å². The van der Waals surface area contributed by atoms with Crippen LogP contribution in [0, 0.1) is 0 Å². The Balaban J connectivity index is 2.01. The zero-order valence-electron chi connectivity index (χ0n) is 11.2. The van der Waals surface area contributed by atoms with Crippen LogP contribution >= 0.6 is 23.2 Å². The molecule has 1 saturated heterocycles. The fraction of sp³-hybridized carbons (Fsp3) is 0.294. The second-order valence-electron chi connectivity index (χ2n) is 5.25. The van der Waals surface area contributed by atoms with Crippen LogP contribution in [0.2, 0.25) is 10.0 Å². The predicted octanol–water partition coefficient (Wildman–Crippen LogP) is 4.85. The maximum absolute atomic E-state index is 6.41. The molecule has 3 heteroatoms. The van der Waals surface area contributed by atoms with E-state index in [1.54, 1.807) is 0 Å². The van der Waals surface area contributed by atoms with Crippen LogP contribution < -0.4 is 5.32 Å². The molecule has 1 fully saturated rings. The van der Waals surface area contributed by atoms with Crippen molar-refractivity contribution in [1.82, 2.24) is 5.32 Å². The monoisotopic (exact) mass is 305 g/mol. The summed E-state index contributed by atoms with van der Waals surface area (Å²) >= 11 is 12.8. The van der Waals surface area contributed by atoms with E-state index in [9.17, 15) is 0 Å². The van der Waals surface area contributed by atoms with E-state index in [2.05, 4.69) is 35.6 Å². The molecule has 2 aromatic carbocycles. The molecule has 0 saturated carbocycles. The van der Waals surface area contributed by atoms with Crippen molar-refractivity contribution >= 4 is 23.2 Å². The molecule has 2 atom stereocenters. The molecule has 0 amide bonds. The van der Waals surface area contributed by atoms with Gasteiger partial charge in [0.2, 0.25) is 0 Å². The largest absolute Gasteiger partial charge is 0.316 e. The third kappa shape index (κ3) is 2.71. The summed E-state index contributed by atoms with van der Waals surface area (Å²) in [6.45, 7) is 1.98. The Hall–Kier alpha value is -1.02. The summed E-state index contributed by atoms with van der Waals surface area (Å²) in [5, 5.41) is 5.05. The van der Waals surface area contributed by atoms with Crippen LogP contribution in [0.5, 0.6) is 0 Å². The van der Waals surface area contributed by atoms with E-state index in [-0.39, 0.29) is 0 Å². The SMILES string of the molecule is Clc1cccc(Cl)c1C1CCNCC1c1ccccc1. The molecular formula is C17H17Cl2N. The molecule has 2 aromatic rings. The summed E-state index contributed by atoms with van der Waals surface area (Å²) in [6, 6.07) is 16.4. The Bertz CT molecular complexity index is 563. The lowest BCUT2D eigenvalue weighted by Gasteiger charge is -2.34. The molecule has 104 valence electrons. The molecule has 0 bridgehead atoms. The second kappa shape index (κ2) is 6.17. The molecular weight excluding hydrogens is 289 g/mol. The first-order valence-corrected chi connectivity index (χ1v) is 7.72. The molecule has 1 heterocycles. The molecule has 1 N–H and O–H groups in total. The van der Waals surface area contributed by atoms with Crippen LogP contribution in [0.25, 0.3) is 0 Å². The van der Waals surface area contributed by atoms with Crippen molar-refractivity contribution in [1.29, 1.82) is 0 Å². The van der Waals surface area contributed by atoms with Crippen molar-refractivity contribution in [2.75, 3.05) is 13.1 Å². The van der Waals surface area contributed by atoms with Crippen LogP contribution in [0.1, 0.15) is 29.4 Å². The first-order valence-electron chi connectivity index (χ1n) is 6.97. The smallest absolute Gasteiger partial charge is 0.0455 e. The van der Waals surface area contributed by atoms with Crippen molar-refractivity contribution in [3.8, 4) is 0 Å². The molecule has 1 aliphatic heterocycles. The number of hydrogen-bond donors (Lipinski definition) is 1. The van der Waals surface area contributed by atoms with Gasteiger partial charge in [0.1, 0.15) is 0 Å². The Kier molecular flexibility index (Phi) is 4.30. The number of halogens is 2. The quantitative estimate of drug-likeness (QED) is 0.836. The van der Waals surface area contributed by atoms with Crippen molar-refractivity contribution in [3.63, 3.8) is 0 Å². The van der Waals surface area contributed by atoms with Crippen LogP contribution in [-0.4, -0.2) is 13.1 Å². The lowest BCUT2D eigenvalue weighted by molar-refractivity contribution is 0.404. The molecule has 0 aliphatic carbocycles. The Morgan fingerprint density at radius 3 is 2.25 bits per heavy atom. The number of nitrogens with one attached hydrogen (secondary N) is 1. The number of rotatable bonds is 2. The van der Waals surface area contributed by atoms with E-state index < -0.39 is 0 Å². The van der Waals surface area contributed by atoms with E-state index >= 15 is 0 Å². The van der Waals surface area contributed by atoms with Gasteiger partial charge in [0.25, 0.3) is 0 Å². The second-order valence-corrected chi connectivity index (χ2v) is 6.07. The molecule has 1 aliphatic rings. The lowest BCUT2D eigenvalue weighted by Crippen LogP contribution is -2.34. The Morgan fingerprint density at radius 1 is 0.850 bits per heavy atom. The molecule has 0 radical (unpaired) electrons. The minimum atomic E-state index is 0.375.